The van der Waals surface area contributed by atoms with Gasteiger partial charge in [-0.05, 0) is 6.42 Å². The third-order valence-electron chi connectivity index (χ3n) is 1.12. The molecule has 1 aliphatic carbocycles. The summed E-state index contributed by atoms with van der Waals surface area (Å²) in [4.78, 5) is 0. The van der Waals surface area contributed by atoms with E-state index in [0.717, 1.165) is 6.42 Å². The molecule has 0 amide bonds. The summed E-state index contributed by atoms with van der Waals surface area (Å²) >= 11 is 0. The molecule has 2 unspecified atom stereocenters. The molecule has 0 aliphatic heterocycles. The van der Waals surface area contributed by atoms with Crippen molar-refractivity contribution in [2.75, 3.05) is 0 Å². The molecule has 2 nitrogen and oxygen atoms in total. The average Bonchev–Trinajstić information content (AvgIpc) is 2.43. The van der Waals surface area contributed by atoms with Gasteiger partial charge in [0.2, 0.25) is 0 Å². The Bertz CT molecular complexity index is 130. The zero-order valence-corrected chi connectivity index (χ0v) is 3.76. The minimum atomic E-state index is 0.0602. The van der Waals surface area contributed by atoms with Crippen LogP contribution in [0.2, 0.25) is 0 Å². The highest BCUT2D eigenvalue weighted by atomic mass is 14.4. The van der Waals surface area contributed by atoms with Crippen molar-refractivity contribution in [2.45, 2.75) is 6.42 Å². The van der Waals surface area contributed by atoms with Crippen LogP contribution in [0.3, 0.4) is 0 Å². The van der Waals surface area contributed by atoms with Gasteiger partial charge in [0, 0.05) is 0 Å². The summed E-state index contributed by atoms with van der Waals surface area (Å²) in [6, 6.07) is 4.03. The molecule has 0 saturated heterocycles. The first-order valence-electron chi connectivity index (χ1n) is 2.17. The fourth-order valence-electron chi connectivity index (χ4n) is 0.480. The van der Waals surface area contributed by atoms with Crippen LogP contribution >= 0.6 is 0 Å². The maximum absolute atomic E-state index is 8.11. The summed E-state index contributed by atoms with van der Waals surface area (Å²) in [5, 5.41) is 16.2. The van der Waals surface area contributed by atoms with Crippen molar-refractivity contribution in [1.82, 2.24) is 0 Å². The van der Waals surface area contributed by atoms with E-state index in [0.29, 0.717) is 0 Å². The van der Waals surface area contributed by atoms with Gasteiger partial charge in [-0.3, -0.25) is 0 Å². The summed E-state index contributed by atoms with van der Waals surface area (Å²) in [7, 11) is 0. The Morgan fingerprint density at radius 1 is 1.14 bits per heavy atom. The molecule has 34 valence electrons. The van der Waals surface area contributed by atoms with Crippen molar-refractivity contribution in [3.8, 4) is 12.1 Å². The first-order valence-corrected chi connectivity index (χ1v) is 2.17. The topological polar surface area (TPSA) is 47.6 Å². The first-order chi connectivity index (χ1) is 3.38. The van der Waals surface area contributed by atoms with Crippen LogP contribution in [0.5, 0.6) is 0 Å². The van der Waals surface area contributed by atoms with Gasteiger partial charge in [-0.25, -0.2) is 0 Å². The van der Waals surface area contributed by atoms with Gasteiger partial charge in [0.15, 0.2) is 0 Å². The maximum Gasteiger partial charge on any atom is 0.0670 e. The van der Waals surface area contributed by atoms with Crippen molar-refractivity contribution < 1.29 is 0 Å². The molecule has 0 radical (unpaired) electrons. The molecular formula is C5H4N2. The smallest absolute Gasteiger partial charge is 0.0670 e. The summed E-state index contributed by atoms with van der Waals surface area (Å²) in [5.74, 6) is 0.120. The summed E-state index contributed by atoms with van der Waals surface area (Å²) in [5.41, 5.74) is 0. The van der Waals surface area contributed by atoms with Gasteiger partial charge in [-0.2, -0.15) is 10.5 Å². The minimum absolute atomic E-state index is 0.0602. The van der Waals surface area contributed by atoms with Gasteiger partial charge in [0.1, 0.15) is 0 Å². The van der Waals surface area contributed by atoms with Crippen molar-refractivity contribution in [1.29, 1.82) is 10.5 Å². The van der Waals surface area contributed by atoms with Crippen LogP contribution in [0, 0.1) is 34.5 Å². The molecule has 0 aromatic rings. The van der Waals surface area contributed by atoms with E-state index in [4.69, 9.17) is 10.5 Å². The molecule has 0 aromatic carbocycles. The van der Waals surface area contributed by atoms with E-state index in [9.17, 15) is 0 Å². The number of hydrogen-bond acceptors (Lipinski definition) is 2. The molecule has 2 atom stereocenters. The fourth-order valence-corrected chi connectivity index (χ4v) is 0.480. The monoisotopic (exact) mass is 92.0 g/mol. The van der Waals surface area contributed by atoms with Gasteiger partial charge >= 0.3 is 0 Å². The maximum atomic E-state index is 8.11. The molecule has 0 N–H and O–H groups in total. The normalized spacial score (nSPS) is 35.7. The molecule has 0 spiro atoms. The Morgan fingerprint density at radius 2 is 1.57 bits per heavy atom. The van der Waals surface area contributed by atoms with Crippen LogP contribution in [0.4, 0.5) is 0 Å². The molecule has 1 aliphatic rings. The van der Waals surface area contributed by atoms with E-state index in [2.05, 4.69) is 0 Å². The van der Waals surface area contributed by atoms with Crippen LogP contribution in [-0.4, -0.2) is 0 Å². The Labute approximate surface area is 42.0 Å². The second-order valence-electron chi connectivity index (χ2n) is 1.71. The van der Waals surface area contributed by atoms with Gasteiger partial charge in [-0.1, -0.05) is 0 Å². The first kappa shape index (κ1) is 4.15. The summed E-state index contributed by atoms with van der Waals surface area (Å²) in [6.45, 7) is 0. The zero-order valence-electron chi connectivity index (χ0n) is 3.76. The van der Waals surface area contributed by atoms with Gasteiger partial charge in [0.05, 0.1) is 24.0 Å². The lowest BCUT2D eigenvalue weighted by Gasteiger charge is -1.62. The molecule has 1 fully saturated rings. The SMILES string of the molecule is N#CC1CC1C#N. The standard InChI is InChI=1S/C5H4N2/c6-2-4-1-5(4)3-7/h4-5H,1H2. The van der Waals surface area contributed by atoms with E-state index in [1.807, 2.05) is 12.1 Å². The second kappa shape index (κ2) is 1.24. The highest BCUT2D eigenvalue weighted by molar-refractivity contribution is 5.10. The van der Waals surface area contributed by atoms with Crippen molar-refractivity contribution >= 4 is 0 Å². The Hall–Kier alpha value is -1.02. The van der Waals surface area contributed by atoms with Crippen molar-refractivity contribution in [3.05, 3.63) is 0 Å². The van der Waals surface area contributed by atoms with Gasteiger partial charge in [0.25, 0.3) is 0 Å². The second-order valence-corrected chi connectivity index (χ2v) is 1.71. The molecular weight excluding hydrogens is 88.1 g/mol. The fraction of sp³-hybridized carbons (Fsp3) is 0.600. The van der Waals surface area contributed by atoms with Gasteiger partial charge < -0.3 is 0 Å². The largest absolute Gasteiger partial charge is 0.198 e. The van der Waals surface area contributed by atoms with Crippen LogP contribution in [0.15, 0.2) is 0 Å². The lowest BCUT2D eigenvalue weighted by atomic mass is 10.4. The van der Waals surface area contributed by atoms with Crippen molar-refractivity contribution in [2.24, 2.45) is 11.8 Å². The van der Waals surface area contributed by atoms with Crippen LogP contribution in [0.25, 0.3) is 0 Å². The van der Waals surface area contributed by atoms with Crippen LogP contribution in [-0.2, 0) is 0 Å². The predicted octanol–water partition coefficient (Wildman–Crippen LogP) is 0.670. The van der Waals surface area contributed by atoms with E-state index < -0.39 is 0 Å². The Kier molecular flexibility index (Phi) is 0.734. The highest BCUT2D eigenvalue weighted by Gasteiger charge is 2.37. The quantitative estimate of drug-likeness (QED) is 0.441. The number of nitriles is 2. The van der Waals surface area contributed by atoms with Gasteiger partial charge in [-0.15, -0.1) is 0 Å². The zero-order chi connectivity index (χ0) is 5.28. The summed E-state index contributed by atoms with van der Waals surface area (Å²) < 4.78 is 0. The van der Waals surface area contributed by atoms with E-state index in [-0.39, 0.29) is 11.8 Å². The highest BCUT2D eigenvalue weighted by Crippen LogP contribution is 2.36. The molecule has 7 heavy (non-hydrogen) atoms. The van der Waals surface area contributed by atoms with E-state index >= 15 is 0 Å². The lowest BCUT2D eigenvalue weighted by Crippen LogP contribution is -1.67. The molecule has 1 rings (SSSR count). The van der Waals surface area contributed by atoms with Crippen LogP contribution in [0.1, 0.15) is 6.42 Å². The third kappa shape index (κ3) is 0.548. The molecule has 0 heterocycles. The number of nitrogens with zero attached hydrogens (tertiary/aromatic N) is 2. The molecule has 0 bridgehead atoms. The lowest BCUT2D eigenvalue weighted by molar-refractivity contribution is 1.02. The third-order valence-corrected chi connectivity index (χ3v) is 1.12. The molecule has 0 aromatic heterocycles. The van der Waals surface area contributed by atoms with Crippen molar-refractivity contribution in [3.63, 3.8) is 0 Å². The predicted molar refractivity (Wildman–Crippen MR) is 22.8 cm³/mol. The summed E-state index contributed by atoms with van der Waals surface area (Å²) in [6.07, 6.45) is 0.799. The number of hydrogen-bond donors (Lipinski definition) is 0. The Balaban J connectivity index is 2.39. The van der Waals surface area contributed by atoms with Crippen LogP contribution < -0.4 is 0 Å². The number of rotatable bonds is 0. The minimum Gasteiger partial charge on any atom is -0.198 e. The average molecular weight is 92.1 g/mol. The molecule has 1 saturated carbocycles. The van der Waals surface area contributed by atoms with E-state index in [1.54, 1.807) is 0 Å². The van der Waals surface area contributed by atoms with E-state index in [1.165, 1.54) is 0 Å². The Morgan fingerprint density at radius 3 is 1.71 bits per heavy atom. The molecule has 2 heteroatoms.